The minimum atomic E-state index is -1.13. The summed E-state index contributed by atoms with van der Waals surface area (Å²) in [7, 11) is 1.08. The summed E-state index contributed by atoms with van der Waals surface area (Å²) in [5.41, 5.74) is 0. The van der Waals surface area contributed by atoms with Crippen molar-refractivity contribution >= 4 is 17.1 Å². The first kappa shape index (κ1) is 10.9. The first-order chi connectivity index (χ1) is 4.70. The topological polar surface area (TPSA) is 58.9 Å². The summed E-state index contributed by atoms with van der Waals surface area (Å²) in [4.78, 5) is 7.42. The maximum atomic E-state index is 8.06. The van der Waals surface area contributed by atoms with E-state index in [1.54, 1.807) is 0 Å². The van der Waals surface area contributed by atoms with Crippen LogP contribution in [0.4, 0.5) is 0 Å². The Morgan fingerprint density at radius 3 is 2.70 bits per heavy atom. The molecule has 0 amide bonds. The molecule has 0 aliphatic carbocycles. The maximum Gasteiger partial charge on any atom is 0.171 e. The molecule has 2 atom stereocenters. The fourth-order valence-electron chi connectivity index (χ4n) is 0.234. The molecule has 7 heteroatoms. The zero-order valence-electron chi connectivity index (χ0n) is 6.23. The summed E-state index contributed by atoms with van der Waals surface area (Å²) in [5, 5.41) is 16.0. The van der Waals surface area contributed by atoms with Crippen molar-refractivity contribution in [2.24, 2.45) is 0 Å². The van der Waals surface area contributed by atoms with Gasteiger partial charge in [0.05, 0.1) is 1.28 Å². The molecule has 10 heavy (non-hydrogen) atoms. The smallest absolute Gasteiger partial charge is 0.171 e. The monoisotopic (exact) mass is 236 g/mol. The maximum absolute atomic E-state index is 8.06. The molecule has 0 radical (unpaired) electrons. The van der Waals surface area contributed by atoms with E-state index in [4.69, 9.17) is 11.8 Å². The molecule has 0 bridgehead atoms. The SMILES string of the molecule is [3H]P(P)C=C(COO)OO.[Zn]. The fraction of sp³-hybridized carbons (Fsp3) is 0.333. The first-order valence-electron chi connectivity index (χ1n) is 2.46. The normalized spacial score (nSPS) is 15.1. The van der Waals surface area contributed by atoms with Crippen molar-refractivity contribution in [3.05, 3.63) is 11.6 Å². The third-order valence-electron chi connectivity index (χ3n) is 0.543. The van der Waals surface area contributed by atoms with Gasteiger partial charge in [-0.25, -0.2) is 10.1 Å². The third-order valence-corrected chi connectivity index (χ3v) is 1.43. The van der Waals surface area contributed by atoms with Crippen LogP contribution in [0, 0.1) is 0 Å². The molecule has 0 fully saturated rings. The van der Waals surface area contributed by atoms with E-state index in [1.807, 2.05) is 0 Å². The van der Waals surface area contributed by atoms with Crippen LogP contribution in [0.5, 0.6) is 0 Å². The van der Waals surface area contributed by atoms with Crippen LogP contribution in [-0.4, -0.2) is 18.4 Å². The molecular weight excluding hydrogens is 227 g/mol. The largest absolute Gasteiger partial charge is 0.342 e. The van der Waals surface area contributed by atoms with Crippen LogP contribution in [-0.2, 0) is 29.3 Å². The molecule has 0 rings (SSSR count). The zero-order chi connectivity index (χ0) is 7.98. The van der Waals surface area contributed by atoms with E-state index in [0.29, 0.717) is 0 Å². The van der Waals surface area contributed by atoms with E-state index in [9.17, 15) is 0 Å². The number of rotatable bonds is 4. The Balaban J connectivity index is 0. The molecule has 0 aliphatic heterocycles. The fourth-order valence-corrected chi connectivity index (χ4v) is 1.02. The van der Waals surface area contributed by atoms with Gasteiger partial charge in [0.15, 0.2) is 5.76 Å². The summed E-state index contributed by atoms with van der Waals surface area (Å²) in [6, 6.07) is 0. The van der Waals surface area contributed by atoms with Crippen molar-refractivity contribution in [1.29, 1.82) is 1.28 Å². The number of hydrogen-bond donors (Lipinski definition) is 2. The van der Waals surface area contributed by atoms with Gasteiger partial charge >= 0.3 is 0 Å². The first-order valence-corrected chi connectivity index (χ1v) is 4.60. The van der Waals surface area contributed by atoms with E-state index < -0.39 is 8.21 Å². The summed E-state index contributed by atoms with van der Waals surface area (Å²) < 4.78 is 7.01. The van der Waals surface area contributed by atoms with Crippen LogP contribution in [0.3, 0.4) is 0 Å². The molecule has 0 aromatic rings. The van der Waals surface area contributed by atoms with E-state index in [2.05, 4.69) is 18.7 Å². The van der Waals surface area contributed by atoms with Gasteiger partial charge in [-0.15, -0.1) is 8.93 Å². The van der Waals surface area contributed by atoms with Crippen LogP contribution in [0.1, 0.15) is 0 Å². The predicted molar refractivity (Wildman–Crippen MR) is 38.4 cm³/mol. The Bertz CT molecular complexity index is 122. The van der Waals surface area contributed by atoms with Crippen molar-refractivity contribution in [3.63, 3.8) is 0 Å². The quantitative estimate of drug-likeness (QED) is 0.254. The molecule has 0 heterocycles. The molecular formula is C3H8O4P2Zn. The third kappa shape index (κ3) is 7.02. The van der Waals surface area contributed by atoms with E-state index >= 15 is 0 Å². The molecule has 4 nitrogen and oxygen atoms in total. The van der Waals surface area contributed by atoms with E-state index in [-0.39, 0.29) is 31.8 Å². The second-order valence-electron chi connectivity index (χ2n) is 1.11. The van der Waals surface area contributed by atoms with Crippen LogP contribution in [0.2, 0.25) is 0 Å². The second kappa shape index (κ2) is 9.90. The van der Waals surface area contributed by atoms with Gasteiger partial charge in [-0.3, -0.25) is 5.26 Å². The van der Waals surface area contributed by atoms with Gasteiger partial charge in [-0.05, 0) is 5.82 Å². The number of hydrogen-bond acceptors (Lipinski definition) is 4. The Hall–Kier alpha value is 0.903. The minimum absolute atomic E-state index is 0. The van der Waals surface area contributed by atoms with Gasteiger partial charge in [0, 0.05) is 19.5 Å². The molecule has 0 aliphatic rings. The van der Waals surface area contributed by atoms with Crippen molar-refractivity contribution in [3.8, 4) is 0 Å². The molecule has 2 unspecified atom stereocenters. The average Bonchev–Trinajstić information content (AvgIpc) is 1.86. The Labute approximate surface area is 76.8 Å². The Morgan fingerprint density at radius 2 is 2.40 bits per heavy atom. The van der Waals surface area contributed by atoms with Crippen molar-refractivity contribution in [2.45, 2.75) is 0 Å². The summed E-state index contributed by atoms with van der Waals surface area (Å²) in [5.74, 6) is 1.36. The summed E-state index contributed by atoms with van der Waals surface area (Å²) in [6.45, 7) is -0.247. The van der Waals surface area contributed by atoms with Crippen LogP contribution >= 0.6 is 17.1 Å². The van der Waals surface area contributed by atoms with Gasteiger partial charge in [0.25, 0.3) is 0 Å². The van der Waals surface area contributed by atoms with E-state index in [1.165, 1.54) is 5.82 Å². The van der Waals surface area contributed by atoms with Gasteiger partial charge in [-0.1, -0.05) is 8.21 Å². The molecule has 0 saturated heterocycles. The van der Waals surface area contributed by atoms with Gasteiger partial charge in [-0.2, -0.15) is 0 Å². The van der Waals surface area contributed by atoms with Crippen molar-refractivity contribution in [2.75, 3.05) is 6.61 Å². The van der Waals surface area contributed by atoms with E-state index in [0.717, 1.165) is 0 Å². The predicted octanol–water partition coefficient (Wildman–Crippen LogP) is 1.27. The van der Waals surface area contributed by atoms with Gasteiger partial charge in [0.2, 0.25) is 0 Å². The van der Waals surface area contributed by atoms with Crippen LogP contribution in [0.15, 0.2) is 11.6 Å². The summed E-state index contributed by atoms with van der Waals surface area (Å²) in [6.07, 6.45) is 0. The standard InChI is InChI=1S/C3H8O4P2.Zn/c4-6-1-3(7-5)2-9-8;/h2,4-5,9H,1,8H2;/i9T;. The summed E-state index contributed by atoms with van der Waals surface area (Å²) >= 11 is 0. The van der Waals surface area contributed by atoms with Crippen LogP contribution < -0.4 is 0 Å². The molecule has 0 aromatic carbocycles. The molecule has 2 N–H and O–H groups in total. The Kier molecular flexibility index (Phi) is 10.8. The van der Waals surface area contributed by atoms with Crippen LogP contribution in [0.25, 0.3) is 0 Å². The second-order valence-corrected chi connectivity index (χ2v) is 2.56. The van der Waals surface area contributed by atoms with Crippen molar-refractivity contribution < 1.29 is 39.8 Å². The van der Waals surface area contributed by atoms with Crippen molar-refractivity contribution in [1.82, 2.24) is 0 Å². The molecule has 56 valence electrons. The van der Waals surface area contributed by atoms with Gasteiger partial charge in [0.1, 0.15) is 6.61 Å². The Morgan fingerprint density at radius 1 is 1.80 bits per heavy atom. The molecule has 0 spiro atoms. The van der Waals surface area contributed by atoms with Gasteiger partial charge < -0.3 is 4.89 Å². The average molecular weight is 237 g/mol. The molecule has 0 aromatic heterocycles. The minimum Gasteiger partial charge on any atom is -0.342 e. The molecule has 0 saturated carbocycles. The zero-order valence-corrected chi connectivity index (χ0v) is 10.2.